The van der Waals surface area contributed by atoms with Crippen molar-refractivity contribution in [2.24, 2.45) is 5.92 Å². The van der Waals surface area contributed by atoms with Crippen LogP contribution in [0.5, 0.6) is 0 Å². The minimum absolute atomic E-state index is 0.0904. The number of piperidine rings is 1. The Kier molecular flexibility index (Phi) is 6.05. The molecule has 2 N–H and O–H groups in total. The van der Waals surface area contributed by atoms with Gasteiger partial charge in [-0.1, -0.05) is 13.0 Å². The number of rotatable bonds is 5. The number of nitrogens with one attached hydrogen (secondary N) is 2. The minimum Gasteiger partial charge on any atom is -0.381 e. The Bertz CT molecular complexity index is 995. The summed E-state index contributed by atoms with van der Waals surface area (Å²) in [6.07, 6.45) is 5.85. The van der Waals surface area contributed by atoms with Crippen LogP contribution >= 0.6 is 0 Å². The maximum Gasteiger partial charge on any atom is 0.291 e. The van der Waals surface area contributed by atoms with Gasteiger partial charge in [-0.15, -0.1) is 0 Å². The van der Waals surface area contributed by atoms with Gasteiger partial charge in [-0.25, -0.2) is 4.98 Å². The SMILES string of the molecule is CC1CCN(c2cc(C3(C=O)CCOCC3)ccc2NC(=O)c2ncc(C#N)[nH]2)CC1. The lowest BCUT2D eigenvalue weighted by Gasteiger charge is -2.36. The molecule has 8 heteroatoms. The first-order valence-corrected chi connectivity index (χ1v) is 10.7. The summed E-state index contributed by atoms with van der Waals surface area (Å²) in [6, 6.07) is 7.78. The highest BCUT2D eigenvalue weighted by molar-refractivity contribution is 6.03. The summed E-state index contributed by atoms with van der Waals surface area (Å²) in [7, 11) is 0. The van der Waals surface area contributed by atoms with Crippen molar-refractivity contribution >= 4 is 23.6 Å². The lowest BCUT2D eigenvalue weighted by Crippen LogP contribution is -2.37. The summed E-state index contributed by atoms with van der Waals surface area (Å²) in [5.74, 6) is 0.353. The average Bonchev–Trinajstić information content (AvgIpc) is 3.30. The van der Waals surface area contributed by atoms with Crippen LogP contribution in [-0.4, -0.2) is 48.5 Å². The molecule has 0 radical (unpaired) electrons. The van der Waals surface area contributed by atoms with E-state index < -0.39 is 11.3 Å². The second-order valence-corrected chi connectivity index (χ2v) is 8.50. The van der Waals surface area contributed by atoms with Gasteiger partial charge in [-0.2, -0.15) is 5.26 Å². The summed E-state index contributed by atoms with van der Waals surface area (Å²) in [6.45, 7) is 5.17. The molecule has 8 nitrogen and oxygen atoms in total. The van der Waals surface area contributed by atoms with E-state index in [1.54, 1.807) is 0 Å². The van der Waals surface area contributed by atoms with Gasteiger partial charge in [-0.05, 0) is 49.3 Å². The molecule has 162 valence electrons. The van der Waals surface area contributed by atoms with Gasteiger partial charge in [-0.3, -0.25) is 4.79 Å². The molecule has 2 fully saturated rings. The van der Waals surface area contributed by atoms with Gasteiger partial charge < -0.3 is 24.7 Å². The Morgan fingerprint density at radius 3 is 2.74 bits per heavy atom. The predicted molar refractivity (Wildman–Crippen MR) is 116 cm³/mol. The number of aromatic nitrogens is 2. The average molecular weight is 422 g/mol. The number of amides is 1. The van der Waals surface area contributed by atoms with Crippen LogP contribution in [0, 0.1) is 17.2 Å². The number of anilines is 2. The first-order chi connectivity index (χ1) is 15.0. The number of carbonyl (C=O) groups excluding carboxylic acids is 2. The van der Waals surface area contributed by atoms with E-state index in [9.17, 15) is 9.59 Å². The van der Waals surface area contributed by atoms with Crippen molar-refractivity contribution in [3.8, 4) is 6.07 Å². The maximum atomic E-state index is 12.7. The monoisotopic (exact) mass is 421 g/mol. The Morgan fingerprint density at radius 2 is 2.10 bits per heavy atom. The largest absolute Gasteiger partial charge is 0.381 e. The smallest absolute Gasteiger partial charge is 0.291 e. The van der Waals surface area contributed by atoms with E-state index in [1.165, 1.54) is 6.20 Å². The van der Waals surface area contributed by atoms with Crippen LogP contribution in [0.4, 0.5) is 11.4 Å². The molecule has 1 amide bonds. The van der Waals surface area contributed by atoms with Gasteiger partial charge in [0.25, 0.3) is 5.91 Å². The van der Waals surface area contributed by atoms with Gasteiger partial charge >= 0.3 is 0 Å². The molecular weight excluding hydrogens is 394 g/mol. The first-order valence-electron chi connectivity index (χ1n) is 10.7. The highest BCUT2D eigenvalue weighted by atomic mass is 16.5. The van der Waals surface area contributed by atoms with E-state index in [-0.39, 0.29) is 11.5 Å². The maximum absolute atomic E-state index is 12.7. The number of aldehydes is 1. The van der Waals surface area contributed by atoms with Crippen LogP contribution in [0.2, 0.25) is 0 Å². The van der Waals surface area contributed by atoms with Gasteiger partial charge in [0.2, 0.25) is 0 Å². The Hall–Kier alpha value is -3.18. The van der Waals surface area contributed by atoms with Crippen molar-refractivity contribution in [3.63, 3.8) is 0 Å². The van der Waals surface area contributed by atoms with E-state index in [0.717, 1.165) is 43.5 Å². The lowest BCUT2D eigenvalue weighted by atomic mass is 9.75. The van der Waals surface area contributed by atoms with Crippen LogP contribution in [0.15, 0.2) is 24.4 Å². The van der Waals surface area contributed by atoms with Crippen molar-refractivity contribution in [1.29, 1.82) is 5.26 Å². The highest BCUT2D eigenvalue weighted by Gasteiger charge is 2.35. The second-order valence-electron chi connectivity index (χ2n) is 8.50. The number of imidazole rings is 1. The van der Waals surface area contributed by atoms with E-state index in [1.807, 2.05) is 24.3 Å². The molecule has 3 heterocycles. The Balaban J connectivity index is 1.67. The van der Waals surface area contributed by atoms with Crippen LogP contribution in [0.25, 0.3) is 0 Å². The molecular formula is C23H27N5O3. The standard InChI is InChI=1S/C23H27N5O3/c1-16-4-8-28(9-5-16)20-12-17(23(15-29)6-10-31-11-7-23)2-3-19(20)27-22(30)21-25-14-18(13-24)26-21/h2-3,12,14-16H,4-11H2,1H3,(H,25,26)(H,27,30). The van der Waals surface area contributed by atoms with E-state index >= 15 is 0 Å². The number of H-pyrrole nitrogens is 1. The van der Waals surface area contributed by atoms with Crippen molar-refractivity contribution in [1.82, 2.24) is 9.97 Å². The van der Waals surface area contributed by atoms with Gasteiger partial charge in [0, 0.05) is 26.3 Å². The third-order valence-corrected chi connectivity index (χ3v) is 6.47. The molecule has 0 bridgehead atoms. The molecule has 4 rings (SSSR count). The molecule has 2 aliphatic rings. The number of hydrogen-bond acceptors (Lipinski definition) is 6. The molecule has 2 saturated heterocycles. The number of benzene rings is 1. The molecule has 0 aliphatic carbocycles. The molecule has 0 unspecified atom stereocenters. The number of ether oxygens (including phenoxy) is 1. The second kappa shape index (κ2) is 8.90. The zero-order valence-electron chi connectivity index (χ0n) is 17.7. The fourth-order valence-corrected chi connectivity index (χ4v) is 4.34. The summed E-state index contributed by atoms with van der Waals surface area (Å²) >= 11 is 0. The van der Waals surface area contributed by atoms with Crippen molar-refractivity contribution in [3.05, 3.63) is 41.5 Å². The van der Waals surface area contributed by atoms with Gasteiger partial charge in [0.05, 0.1) is 23.0 Å². The normalized spacial score (nSPS) is 18.9. The number of aromatic amines is 1. The zero-order chi connectivity index (χ0) is 21.8. The molecule has 2 aromatic rings. The van der Waals surface area contributed by atoms with Crippen molar-refractivity contribution in [2.45, 2.75) is 38.0 Å². The Labute approximate surface area is 181 Å². The zero-order valence-corrected chi connectivity index (χ0v) is 17.7. The molecule has 0 spiro atoms. The summed E-state index contributed by atoms with van der Waals surface area (Å²) in [5.41, 5.74) is 2.23. The molecule has 0 saturated carbocycles. The Morgan fingerprint density at radius 1 is 1.35 bits per heavy atom. The predicted octanol–water partition coefficient (Wildman–Crippen LogP) is 3.02. The summed E-state index contributed by atoms with van der Waals surface area (Å²) in [5, 5.41) is 11.9. The van der Waals surface area contributed by atoms with Crippen molar-refractivity contribution < 1.29 is 14.3 Å². The highest BCUT2D eigenvalue weighted by Crippen LogP contribution is 2.38. The molecule has 1 aromatic carbocycles. The third-order valence-electron chi connectivity index (χ3n) is 6.47. The first kappa shape index (κ1) is 21.1. The molecule has 0 atom stereocenters. The van der Waals surface area contributed by atoms with Crippen LogP contribution in [0.3, 0.4) is 0 Å². The summed E-state index contributed by atoms with van der Waals surface area (Å²) < 4.78 is 5.48. The number of nitrogens with zero attached hydrogens (tertiary/aromatic N) is 3. The van der Waals surface area contributed by atoms with Crippen LogP contribution in [0.1, 0.15) is 54.5 Å². The fourth-order valence-electron chi connectivity index (χ4n) is 4.34. The topological polar surface area (TPSA) is 111 Å². The van der Waals surface area contributed by atoms with E-state index in [0.29, 0.717) is 37.7 Å². The van der Waals surface area contributed by atoms with E-state index in [4.69, 9.17) is 10.00 Å². The molecule has 1 aromatic heterocycles. The molecule has 2 aliphatic heterocycles. The van der Waals surface area contributed by atoms with E-state index in [2.05, 4.69) is 27.1 Å². The fraction of sp³-hybridized carbons (Fsp3) is 0.478. The number of nitriles is 1. The molecule has 31 heavy (non-hydrogen) atoms. The minimum atomic E-state index is -0.554. The quantitative estimate of drug-likeness (QED) is 0.718. The van der Waals surface area contributed by atoms with Crippen LogP contribution < -0.4 is 10.2 Å². The van der Waals surface area contributed by atoms with Gasteiger partial charge in [0.15, 0.2) is 5.82 Å². The van der Waals surface area contributed by atoms with Gasteiger partial charge in [0.1, 0.15) is 18.0 Å². The lowest BCUT2D eigenvalue weighted by molar-refractivity contribution is -0.115. The van der Waals surface area contributed by atoms with Crippen molar-refractivity contribution in [2.75, 3.05) is 36.5 Å². The summed E-state index contributed by atoms with van der Waals surface area (Å²) in [4.78, 5) is 33.8. The number of hydrogen-bond donors (Lipinski definition) is 2. The van der Waals surface area contributed by atoms with Crippen LogP contribution in [-0.2, 0) is 14.9 Å². The third kappa shape index (κ3) is 4.32. The number of carbonyl (C=O) groups is 2.